The molecule has 2 N–H and O–H groups in total. The highest BCUT2D eigenvalue weighted by molar-refractivity contribution is 6.54. The van der Waals surface area contributed by atoms with Gasteiger partial charge in [0.05, 0.1) is 17.7 Å². The number of nitrogens with zero attached hydrogens (tertiary/aromatic N) is 1. The average Bonchev–Trinajstić information content (AvgIpc) is 2.61. The van der Waals surface area contributed by atoms with Crippen LogP contribution in [0.1, 0.15) is 22.3 Å². The van der Waals surface area contributed by atoms with Crippen LogP contribution in [0.3, 0.4) is 0 Å². The van der Waals surface area contributed by atoms with Crippen LogP contribution in [0.25, 0.3) is 0 Å². The molecule has 2 rings (SSSR count). The van der Waals surface area contributed by atoms with Gasteiger partial charge in [-0.1, -0.05) is 35.3 Å². The van der Waals surface area contributed by atoms with E-state index in [4.69, 9.17) is 23.2 Å². The summed E-state index contributed by atoms with van der Waals surface area (Å²) in [5, 5.41) is 4.24. The minimum absolute atomic E-state index is 0.171. The third-order valence-electron chi connectivity index (χ3n) is 3.37. The standard InChI is InChI=1S/C17H12Cl2F3N3O3/c18-15(19)16(28)25-14-9(4-3-5-10(14)17(20,21)22)11(26)8-13(27)24-12-6-1-2-7-23-12/h1-7,15H,8H2,(H,25,28)(H,23,24,27). The fourth-order valence-corrected chi connectivity index (χ4v) is 2.31. The molecule has 0 saturated heterocycles. The Hall–Kier alpha value is -2.65. The van der Waals surface area contributed by atoms with Crippen molar-refractivity contribution in [2.75, 3.05) is 10.6 Å². The molecule has 1 heterocycles. The Balaban J connectivity index is 2.31. The van der Waals surface area contributed by atoms with E-state index in [9.17, 15) is 27.6 Å². The second kappa shape index (κ2) is 9.03. The zero-order valence-corrected chi connectivity index (χ0v) is 15.4. The molecular formula is C17H12Cl2F3N3O3. The number of carbonyl (C=O) groups excluding carboxylic acids is 3. The van der Waals surface area contributed by atoms with Crippen LogP contribution in [0.2, 0.25) is 0 Å². The average molecular weight is 434 g/mol. The summed E-state index contributed by atoms with van der Waals surface area (Å²) in [4.78, 5) is 38.3. The normalized spacial score (nSPS) is 11.2. The number of hydrogen-bond acceptors (Lipinski definition) is 4. The molecule has 11 heteroatoms. The lowest BCUT2D eigenvalue weighted by Gasteiger charge is -2.17. The Morgan fingerprint density at radius 3 is 2.32 bits per heavy atom. The van der Waals surface area contributed by atoms with Crippen molar-refractivity contribution < 1.29 is 27.6 Å². The van der Waals surface area contributed by atoms with Gasteiger partial charge in [-0.2, -0.15) is 13.2 Å². The summed E-state index contributed by atoms with van der Waals surface area (Å²) in [7, 11) is 0. The topological polar surface area (TPSA) is 88.2 Å². The van der Waals surface area contributed by atoms with E-state index in [1.54, 1.807) is 12.1 Å². The molecule has 6 nitrogen and oxygen atoms in total. The molecule has 0 saturated carbocycles. The van der Waals surface area contributed by atoms with Crippen LogP contribution in [0.15, 0.2) is 42.6 Å². The molecule has 0 aliphatic rings. The van der Waals surface area contributed by atoms with Gasteiger partial charge < -0.3 is 10.6 Å². The van der Waals surface area contributed by atoms with Crippen LogP contribution in [0.5, 0.6) is 0 Å². The molecular weight excluding hydrogens is 422 g/mol. The van der Waals surface area contributed by atoms with E-state index in [0.29, 0.717) is 6.07 Å². The number of halogens is 5. The predicted octanol–water partition coefficient (Wildman–Crippen LogP) is 4.05. The largest absolute Gasteiger partial charge is 0.418 e. The lowest BCUT2D eigenvalue weighted by atomic mass is 10.0. The number of benzene rings is 1. The van der Waals surface area contributed by atoms with E-state index < -0.39 is 51.8 Å². The number of rotatable bonds is 6. The smallest absolute Gasteiger partial charge is 0.323 e. The second-order valence-corrected chi connectivity index (χ2v) is 6.48. The molecule has 0 radical (unpaired) electrons. The second-order valence-electron chi connectivity index (χ2n) is 5.38. The summed E-state index contributed by atoms with van der Waals surface area (Å²) in [6, 6.07) is 7.40. The van der Waals surface area contributed by atoms with Crippen molar-refractivity contribution in [3.63, 3.8) is 0 Å². The number of aromatic nitrogens is 1. The lowest BCUT2D eigenvalue weighted by molar-refractivity contribution is -0.137. The number of hydrogen-bond donors (Lipinski definition) is 2. The molecule has 1 aromatic carbocycles. The summed E-state index contributed by atoms with van der Waals surface area (Å²) in [5.74, 6) is -2.71. The van der Waals surface area contributed by atoms with Gasteiger partial charge in [-0.15, -0.1) is 0 Å². The molecule has 0 atom stereocenters. The Morgan fingerprint density at radius 2 is 1.75 bits per heavy atom. The van der Waals surface area contributed by atoms with Crippen LogP contribution < -0.4 is 10.6 Å². The first kappa shape index (κ1) is 21.6. The van der Waals surface area contributed by atoms with Crippen LogP contribution in [-0.4, -0.2) is 27.4 Å². The fraction of sp³-hybridized carbons (Fsp3) is 0.176. The zero-order chi connectivity index (χ0) is 20.9. The maximum Gasteiger partial charge on any atom is 0.418 e. The number of nitrogens with one attached hydrogen (secondary N) is 2. The molecule has 28 heavy (non-hydrogen) atoms. The highest BCUT2D eigenvalue weighted by Crippen LogP contribution is 2.37. The number of amides is 2. The lowest BCUT2D eigenvalue weighted by Crippen LogP contribution is -2.24. The first-order valence-corrected chi connectivity index (χ1v) is 8.50. The summed E-state index contributed by atoms with van der Waals surface area (Å²) >= 11 is 10.7. The van der Waals surface area contributed by atoms with E-state index in [1.807, 2.05) is 5.32 Å². The third-order valence-corrected chi connectivity index (χ3v) is 3.77. The number of pyridine rings is 1. The first-order chi connectivity index (χ1) is 13.1. The van der Waals surface area contributed by atoms with Crippen molar-refractivity contribution >= 4 is 52.3 Å². The van der Waals surface area contributed by atoms with Crippen molar-refractivity contribution in [1.29, 1.82) is 0 Å². The summed E-state index contributed by atoms with van der Waals surface area (Å²) in [6.45, 7) is 0. The molecule has 1 aromatic heterocycles. The van der Waals surface area contributed by atoms with Gasteiger partial charge >= 0.3 is 6.18 Å². The molecule has 0 spiro atoms. The zero-order valence-electron chi connectivity index (χ0n) is 13.9. The maximum atomic E-state index is 13.3. The number of Topliss-reactive ketones (excluding diaryl/α,β-unsaturated/α-hetero) is 1. The first-order valence-electron chi connectivity index (χ1n) is 7.63. The van der Waals surface area contributed by atoms with E-state index in [-0.39, 0.29) is 5.82 Å². The monoisotopic (exact) mass is 433 g/mol. The van der Waals surface area contributed by atoms with E-state index in [2.05, 4.69) is 10.3 Å². The van der Waals surface area contributed by atoms with Crippen molar-refractivity contribution in [1.82, 2.24) is 4.98 Å². The third kappa shape index (κ3) is 5.67. The molecule has 148 valence electrons. The maximum absolute atomic E-state index is 13.3. The van der Waals surface area contributed by atoms with Crippen LogP contribution in [-0.2, 0) is 15.8 Å². The van der Waals surface area contributed by atoms with Gasteiger partial charge in [-0.3, -0.25) is 14.4 Å². The van der Waals surface area contributed by atoms with E-state index in [0.717, 1.165) is 12.1 Å². The SMILES string of the molecule is O=C(CC(=O)c1cccc(C(F)(F)F)c1NC(=O)C(Cl)Cl)Nc1ccccn1. The van der Waals surface area contributed by atoms with Crippen molar-refractivity contribution in [2.45, 2.75) is 17.4 Å². The minimum Gasteiger partial charge on any atom is -0.323 e. The van der Waals surface area contributed by atoms with Crippen molar-refractivity contribution in [2.24, 2.45) is 0 Å². The van der Waals surface area contributed by atoms with Gasteiger partial charge in [0.2, 0.25) is 5.91 Å². The Morgan fingerprint density at radius 1 is 1.04 bits per heavy atom. The molecule has 2 amide bonds. The van der Waals surface area contributed by atoms with Gasteiger partial charge in [0, 0.05) is 11.8 Å². The Bertz CT molecular complexity index is 890. The number of ketones is 1. The van der Waals surface area contributed by atoms with Crippen molar-refractivity contribution in [3.8, 4) is 0 Å². The van der Waals surface area contributed by atoms with Crippen molar-refractivity contribution in [3.05, 3.63) is 53.7 Å². The fourth-order valence-electron chi connectivity index (χ4n) is 2.20. The van der Waals surface area contributed by atoms with Gasteiger partial charge in [0.15, 0.2) is 10.6 Å². The highest BCUT2D eigenvalue weighted by Gasteiger charge is 2.36. The number of para-hydroxylation sites is 1. The Kier molecular flexibility index (Phi) is 6.98. The Labute approximate surface area is 167 Å². The van der Waals surface area contributed by atoms with Crippen LogP contribution >= 0.6 is 23.2 Å². The molecule has 0 unspecified atom stereocenters. The van der Waals surface area contributed by atoms with E-state index >= 15 is 0 Å². The molecule has 2 aromatic rings. The van der Waals surface area contributed by atoms with Gasteiger partial charge in [-0.25, -0.2) is 4.98 Å². The summed E-state index contributed by atoms with van der Waals surface area (Å²) < 4.78 is 39.8. The highest BCUT2D eigenvalue weighted by atomic mass is 35.5. The van der Waals surface area contributed by atoms with Crippen LogP contribution in [0.4, 0.5) is 24.7 Å². The number of alkyl halides is 5. The van der Waals surface area contributed by atoms with E-state index in [1.165, 1.54) is 12.3 Å². The quantitative estimate of drug-likeness (QED) is 0.408. The predicted molar refractivity (Wildman–Crippen MR) is 97.4 cm³/mol. The number of carbonyl (C=O) groups is 3. The summed E-state index contributed by atoms with van der Waals surface area (Å²) in [6.07, 6.45) is -4.23. The van der Waals surface area contributed by atoms with Gasteiger partial charge in [0.25, 0.3) is 5.91 Å². The molecule has 0 aliphatic carbocycles. The molecule has 0 fully saturated rings. The molecule has 0 aliphatic heterocycles. The minimum atomic E-state index is -4.87. The number of anilines is 2. The van der Waals surface area contributed by atoms with Crippen LogP contribution in [0, 0.1) is 0 Å². The molecule has 0 bridgehead atoms. The van der Waals surface area contributed by atoms with Gasteiger partial charge in [-0.05, 0) is 24.3 Å². The summed E-state index contributed by atoms with van der Waals surface area (Å²) in [5.41, 5.74) is -2.60. The van der Waals surface area contributed by atoms with Gasteiger partial charge in [0.1, 0.15) is 5.82 Å².